The van der Waals surface area contributed by atoms with Gasteiger partial charge in [0.15, 0.2) is 5.69 Å². The number of hydrogen-bond acceptors (Lipinski definition) is 2. The first kappa shape index (κ1) is 13.7. The van der Waals surface area contributed by atoms with Crippen LogP contribution in [-0.4, -0.2) is 25.0 Å². The molecule has 2 heterocycles. The zero-order chi connectivity index (χ0) is 15.5. The quantitative estimate of drug-likeness (QED) is 0.747. The summed E-state index contributed by atoms with van der Waals surface area (Å²) in [6, 6.07) is 6.06. The van der Waals surface area contributed by atoms with E-state index in [2.05, 4.69) is 31.8 Å². The van der Waals surface area contributed by atoms with Crippen LogP contribution in [0.2, 0.25) is 0 Å². The van der Waals surface area contributed by atoms with Gasteiger partial charge in [0, 0.05) is 12.7 Å². The lowest BCUT2D eigenvalue weighted by Crippen LogP contribution is -2.11. The number of carboxylic acid groups (broad SMARTS) is 1. The predicted molar refractivity (Wildman–Crippen MR) is 82.1 cm³/mol. The van der Waals surface area contributed by atoms with Gasteiger partial charge in [-0.1, -0.05) is 26.8 Å². The summed E-state index contributed by atoms with van der Waals surface area (Å²) in [7, 11) is 1.84. The molecule has 0 unspecified atom stereocenters. The van der Waals surface area contributed by atoms with Gasteiger partial charge in [-0.2, -0.15) is 0 Å². The van der Waals surface area contributed by atoms with Gasteiger partial charge in [0.1, 0.15) is 0 Å². The van der Waals surface area contributed by atoms with Crippen molar-refractivity contribution in [2.24, 2.45) is 7.05 Å². The SMILES string of the molecule is Cc1c(C(=O)O)n2c3cc(C(C)(C)C)ccc3nc2n1C. The molecular weight excluding hydrogens is 266 g/mol. The van der Waals surface area contributed by atoms with Gasteiger partial charge in [-0.05, 0) is 30.0 Å². The van der Waals surface area contributed by atoms with Gasteiger partial charge in [0.2, 0.25) is 5.78 Å². The van der Waals surface area contributed by atoms with Crippen LogP contribution in [0.5, 0.6) is 0 Å². The van der Waals surface area contributed by atoms with E-state index >= 15 is 0 Å². The van der Waals surface area contributed by atoms with Crippen molar-refractivity contribution in [2.45, 2.75) is 33.1 Å². The second-order valence-electron chi connectivity index (χ2n) is 6.50. The number of aromatic carboxylic acids is 1. The average molecular weight is 285 g/mol. The number of carboxylic acids is 1. The molecule has 3 rings (SSSR count). The maximum atomic E-state index is 11.6. The minimum atomic E-state index is -0.932. The molecule has 3 aromatic rings. The van der Waals surface area contributed by atoms with Crippen molar-refractivity contribution in [1.82, 2.24) is 14.0 Å². The Morgan fingerprint density at radius 2 is 1.95 bits per heavy atom. The second-order valence-corrected chi connectivity index (χ2v) is 6.50. The summed E-state index contributed by atoms with van der Waals surface area (Å²) in [6.07, 6.45) is 0. The van der Waals surface area contributed by atoms with Crippen LogP contribution in [0.15, 0.2) is 18.2 Å². The number of carbonyl (C=O) groups is 1. The molecule has 2 aromatic heterocycles. The minimum absolute atomic E-state index is 0.00551. The Bertz CT molecular complexity index is 879. The molecule has 0 amide bonds. The van der Waals surface area contributed by atoms with Crippen LogP contribution < -0.4 is 0 Å². The smallest absolute Gasteiger partial charge is 0.354 e. The number of benzene rings is 1. The third kappa shape index (κ3) is 1.84. The highest BCUT2D eigenvalue weighted by Crippen LogP contribution is 2.28. The highest BCUT2D eigenvalue weighted by atomic mass is 16.4. The Kier molecular flexibility index (Phi) is 2.67. The zero-order valence-electron chi connectivity index (χ0n) is 12.9. The second kappa shape index (κ2) is 4.10. The van der Waals surface area contributed by atoms with E-state index in [0.29, 0.717) is 11.5 Å². The van der Waals surface area contributed by atoms with Crippen LogP contribution >= 0.6 is 0 Å². The molecule has 0 atom stereocenters. The lowest BCUT2D eigenvalue weighted by Gasteiger charge is -2.18. The van der Waals surface area contributed by atoms with Crippen molar-refractivity contribution in [2.75, 3.05) is 0 Å². The molecule has 1 N–H and O–H groups in total. The number of nitrogens with zero attached hydrogens (tertiary/aromatic N) is 3. The van der Waals surface area contributed by atoms with Crippen LogP contribution in [0.1, 0.15) is 42.5 Å². The van der Waals surface area contributed by atoms with Crippen LogP contribution in [0.25, 0.3) is 16.8 Å². The standard InChI is InChI=1S/C16H19N3O2/c1-9-13(14(20)21)19-12-8-10(16(2,3)4)6-7-11(12)17-15(19)18(9)5/h6-8H,1-5H3,(H,20,21). The van der Waals surface area contributed by atoms with Crippen molar-refractivity contribution in [3.05, 3.63) is 35.2 Å². The lowest BCUT2D eigenvalue weighted by molar-refractivity contribution is 0.0688. The topological polar surface area (TPSA) is 59.5 Å². The molecule has 5 nitrogen and oxygen atoms in total. The normalized spacial score (nSPS) is 12.4. The summed E-state index contributed by atoms with van der Waals surface area (Å²) in [5.74, 6) is -0.274. The fraction of sp³-hybridized carbons (Fsp3) is 0.375. The number of aromatic nitrogens is 3. The molecule has 1 aromatic carbocycles. The van der Waals surface area contributed by atoms with E-state index in [1.54, 1.807) is 11.3 Å². The Hall–Kier alpha value is -2.30. The van der Waals surface area contributed by atoms with Gasteiger partial charge < -0.3 is 9.67 Å². The van der Waals surface area contributed by atoms with E-state index in [1.165, 1.54) is 0 Å². The molecule has 21 heavy (non-hydrogen) atoms. The number of aryl methyl sites for hydroxylation is 1. The molecule has 5 heteroatoms. The van der Waals surface area contributed by atoms with Crippen molar-refractivity contribution < 1.29 is 9.90 Å². The summed E-state index contributed by atoms with van der Waals surface area (Å²) >= 11 is 0. The average Bonchev–Trinajstić information content (AvgIpc) is 2.85. The van der Waals surface area contributed by atoms with Crippen LogP contribution in [0.4, 0.5) is 0 Å². The van der Waals surface area contributed by atoms with E-state index in [0.717, 1.165) is 16.6 Å². The van der Waals surface area contributed by atoms with Gasteiger partial charge in [0.05, 0.1) is 11.0 Å². The summed E-state index contributed by atoms with van der Waals surface area (Å²) in [5.41, 5.74) is 3.81. The molecule has 0 aliphatic carbocycles. The molecule has 0 aliphatic rings. The third-order valence-corrected chi connectivity index (χ3v) is 4.07. The summed E-state index contributed by atoms with van der Waals surface area (Å²) < 4.78 is 3.56. The maximum absolute atomic E-state index is 11.6. The molecular formula is C16H19N3O2. The zero-order valence-corrected chi connectivity index (χ0v) is 12.9. The molecule has 0 bridgehead atoms. The first-order chi connectivity index (χ1) is 9.71. The number of hydrogen-bond donors (Lipinski definition) is 1. The van der Waals surface area contributed by atoms with Crippen LogP contribution in [-0.2, 0) is 12.5 Å². The first-order valence-electron chi connectivity index (χ1n) is 6.93. The first-order valence-corrected chi connectivity index (χ1v) is 6.93. The number of rotatable bonds is 1. The summed E-state index contributed by atoms with van der Waals surface area (Å²) in [4.78, 5) is 16.2. The van der Waals surface area contributed by atoms with E-state index < -0.39 is 5.97 Å². The van der Waals surface area contributed by atoms with Gasteiger partial charge in [-0.3, -0.25) is 4.40 Å². The fourth-order valence-electron chi connectivity index (χ4n) is 2.70. The van der Waals surface area contributed by atoms with Crippen molar-refractivity contribution in [1.29, 1.82) is 0 Å². The van der Waals surface area contributed by atoms with Crippen molar-refractivity contribution in [3.63, 3.8) is 0 Å². The molecule has 110 valence electrons. The van der Waals surface area contributed by atoms with Crippen molar-refractivity contribution >= 4 is 22.8 Å². The van der Waals surface area contributed by atoms with E-state index in [-0.39, 0.29) is 11.1 Å². The molecule has 0 spiro atoms. The molecule has 0 radical (unpaired) electrons. The lowest BCUT2D eigenvalue weighted by atomic mass is 9.87. The highest BCUT2D eigenvalue weighted by molar-refractivity contribution is 5.92. The molecule has 0 aliphatic heterocycles. The van der Waals surface area contributed by atoms with Gasteiger partial charge >= 0.3 is 5.97 Å². The number of imidazole rings is 2. The van der Waals surface area contributed by atoms with E-state index in [9.17, 15) is 9.90 Å². The third-order valence-electron chi connectivity index (χ3n) is 4.07. The van der Waals surface area contributed by atoms with E-state index in [4.69, 9.17) is 0 Å². The van der Waals surface area contributed by atoms with Crippen LogP contribution in [0.3, 0.4) is 0 Å². The van der Waals surface area contributed by atoms with Gasteiger partial charge in [-0.25, -0.2) is 9.78 Å². The van der Waals surface area contributed by atoms with Crippen molar-refractivity contribution in [3.8, 4) is 0 Å². The van der Waals surface area contributed by atoms with Gasteiger partial charge in [0.25, 0.3) is 0 Å². The summed E-state index contributed by atoms with van der Waals surface area (Å²) in [5, 5.41) is 9.52. The van der Waals surface area contributed by atoms with Crippen LogP contribution in [0, 0.1) is 6.92 Å². The number of fused-ring (bicyclic) bond motifs is 3. The molecule has 0 saturated heterocycles. The largest absolute Gasteiger partial charge is 0.477 e. The molecule has 0 saturated carbocycles. The monoisotopic (exact) mass is 285 g/mol. The molecule has 0 fully saturated rings. The maximum Gasteiger partial charge on any atom is 0.354 e. The summed E-state index contributed by atoms with van der Waals surface area (Å²) in [6.45, 7) is 8.22. The Labute approximate surface area is 122 Å². The Morgan fingerprint density at radius 3 is 2.52 bits per heavy atom. The highest BCUT2D eigenvalue weighted by Gasteiger charge is 2.23. The predicted octanol–water partition coefficient (Wildman–Crippen LogP) is 3.13. The van der Waals surface area contributed by atoms with E-state index in [1.807, 2.05) is 23.7 Å². The van der Waals surface area contributed by atoms with Gasteiger partial charge in [-0.15, -0.1) is 0 Å². The Balaban J connectivity index is 2.48. The fourth-order valence-corrected chi connectivity index (χ4v) is 2.70. The Morgan fingerprint density at radius 1 is 1.29 bits per heavy atom. The minimum Gasteiger partial charge on any atom is -0.477 e.